The monoisotopic (exact) mass is 768 g/mol. The Morgan fingerprint density at radius 2 is 0.831 bits per heavy atom. The van der Waals surface area contributed by atoms with Gasteiger partial charge in [-0.05, 0) is 109 Å². The molecule has 0 radical (unpaired) electrons. The number of hydrogen-bond donors (Lipinski definition) is 0. The number of para-hydroxylation sites is 3. The minimum Gasteiger partial charge on any atom is -0.309 e. The van der Waals surface area contributed by atoms with Gasteiger partial charge in [0.2, 0.25) is 0 Å². The minimum atomic E-state index is -2.07. The van der Waals surface area contributed by atoms with Crippen molar-refractivity contribution in [2.45, 2.75) is 13.1 Å². The lowest BCUT2D eigenvalue weighted by Crippen LogP contribution is -2.49. The normalized spacial score (nSPS) is 13.1. The Hall–Kier alpha value is -7.20. The molecule has 12 rings (SSSR count). The van der Waals surface area contributed by atoms with E-state index in [9.17, 15) is 0 Å². The van der Waals surface area contributed by atoms with E-state index >= 15 is 0 Å². The fraction of sp³-hybridized carbons (Fsp3) is 0.0357. The highest BCUT2D eigenvalue weighted by molar-refractivity contribution is 7.04. The van der Waals surface area contributed by atoms with Crippen LogP contribution in [0.25, 0.3) is 99.5 Å². The van der Waals surface area contributed by atoms with Crippen LogP contribution in [0.4, 0.5) is 0 Å². The van der Waals surface area contributed by atoms with E-state index in [1.54, 1.807) is 0 Å². The zero-order chi connectivity index (χ0) is 39.2. The molecular formula is C56H40N2Si. The molecule has 0 fully saturated rings. The van der Waals surface area contributed by atoms with Crippen molar-refractivity contribution in [1.82, 2.24) is 9.13 Å². The first-order chi connectivity index (χ1) is 29.0. The molecule has 2 nitrogen and oxygen atoms in total. The first kappa shape index (κ1) is 33.9. The number of fused-ring (bicyclic) bond motifs is 9. The van der Waals surface area contributed by atoms with Crippen molar-refractivity contribution < 1.29 is 0 Å². The van der Waals surface area contributed by atoms with Crippen molar-refractivity contribution in [3.63, 3.8) is 0 Å². The number of rotatable bonds is 5. The van der Waals surface area contributed by atoms with Crippen LogP contribution in [0.5, 0.6) is 0 Å². The van der Waals surface area contributed by atoms with Gasteiger partial charge in [0.05, 0.1) is 22.1 Å². The third-order valence-electron chi connectivity index (χ3n) is 12.9. The SMILES string of the molecule is C[Si]1(C)c2cc(-c3ccc4c5cc(-c6ccccc6)ccc5n(-c5ccccc5)c4c3)ccc2-c2ccc(-c3cccc4c3c3ccccc3n4-c3ccccc3)cc21. The molecule has 0 aliphatic carbocycles. The van der Waals surface area contributed by atoms with Gasteiger partial charge in [0.1, 0.15) is 8.07 Å². The highest BCUT2D eigenvalue weighted by Crippen LogP contribution is 2.41. The first-order valence-electron chi connectivity index (χ1n) is 20.6. The Bertz CT molecular complexity index is 3450. The van der Waals surface area contributed by atoms with Gasteiger partial charge in [-0.25, -0.2) is 0 Å². The summed E-state index contributed by atoms with van der Waals surface area (Å²) in [4.78, 5) is 0. The first-order valence-corrected chi connectivity index (χ1v) is 23.6. The molecule has 278 valence electrons. The lowest BCUT2D eigenvalue weighted by atomic mass is 9.96. The van der Waals surface area contributed by atoms with Crippen LogP contribution in [0.15, 0.2) is 206 Å². The zero-order valence-electron chi connectivity index (χ0n) is 33.0. The molecule has 3 heteroatoms. The molecule has 1 aliphatic rings. The van der Waals surface area contributed by atoms with Crippen LogP contribution >= 0.6 is 0 Å². The smallest absolute Gasteiger partial charge is 0.113 e. The fourth-order valence-corrected chi connectivity index (χ4v) is 13.2. The maximum Gasteiger partial charge on any atom is 0.113 e. The van der Waals surface area contributed by atoms with Crippen LogP contribution in [0.2, 0.25) is 13.1 Å². The Balaban J connectivity index is 0.974. The topological polar surface area (TPSA) is 9.86 Å². The van der Waals surface area contributed by atoms with E-state index in [4.69, 9.17) is 0 Å². The van der Waals surface area contributed by atoms with Gasteiger partial charge in [0.25, 0.3) is 0 Å². The fourth-order valence-electron chi connectivity index (χ4n) is 10.1. The molecule has 0 spiro atoms. The lowest BCUT2D eigenvalue weighted by molar-refractivity contribution is 1.18. The molecule has 0 N–H and O–H groups in total. The highest BCUT2D eigenvalue weighted by atomic mass is 28.3. The van der Waals surface area contributed by atoms with E-state index < -0.39 is 8.07 Å². The molecule has 0 amide bonds. The predicted molar refractivity (Wildman–Crippen MR) is 254 cm³/mol. The second kappa shape index (κ2) is 12.9. The van der Waals surface area contributed by atoms with E-state index in [0.29, 0.717) is 0 Å². The van der Waals surface area contributed by atoms with E-state index in [1.807, 2.05) is 0 Å². The average Bonchev–Trinajstić information content (AvgIpc) is 3.89. The van der Waals surface area contributed by atoms with E-state index in [-0.39, 0.29) is 0 Å². The van der Waals surface area contributed by atoms with Gasteiger partial charge in [-0.1, -0.05) is 165 Å². The summed E-state index contributed by atoms with van der Waals surface area (Å²) >= 11 is 0. The largest absolute Gasteiger partial charge is 0.309 e. The third-order valence-corrected chi connectivity index (χ3v) is 16.4. The standard InChI is InChI=1S/C56H40N2Si/c1-59(2)54-35-40(39-25-29-45-49-33-38(37-15-6-3-7-16-37)28-32-51(49)58(53(45)34-39)43-19-10-5-11-20-43)26-30-46(54)47-31-27-41(36-55(47)59)44-22-14-24-52-56(44)48-21-12-13-23-50(48)57(52)42-17-8-4-9-18-42/h3-36H,1-2H3. The molecule has 0 saturated heterocycles. The summed E-state index contributed by atoms with van der Waals surface area (Å²) in [5.74, 6) is 0. The zero-order valence-corrected chi connectivity index (χ0v) is 34.0. The number of nitrogens with zero attached hydrogens (tertiary/aromatic N) is 2. The summed E-state index contributed by atoms with van der Waals surface area (Å²) in [5, 5.41) is 8.15. The van der Waals surface area contributed by atoms with Gasteiger partial charge in [0, 0.05) is 32.9 Å². The van der Waals surface area contributed by atoms with E-state index in [1.165, 1.54) is 110 Å². The molecule has 0 saturated carbocycles. The van der Waals surface area contributed by atoms with Crippen molar-refractivity contribution in [2.24, 2.45) is 0 Å². The van der Waals surface area contributed by atoms with Gasteiger partial charge >= 0.3 is 0 Å². The Labute approximate surface area is 344 Å². The highest BCUT2D eigenvalue weighted by Gasteiger charge is 2.38. The summed E-state index contributed by atoms with van der Waals surface area (Å²) < 4.78 is 4.85. The van der Waals surface area contributed by atoms with Gasteiger partial charge in [-0.15, -0.1) is 0 Å². The Kier molecular flexibility index (Phi) is 7.41. The van der Waals surface area contributed by atoms with Crippen molar-refractivity contribution in [2.75, 3.05) is 0 Å². The number of hydrogen-bond acceptors (Lipinski definition) is 0. The maximum atomic E-state index is 2.54. The second-order valence-electron chi connectivity index (χ2n) is 16.5. The van der Waals surface area contributed by atoms with Crippen LogP contribution in [-0.4, -0.2) is 17.2 Å². The second-order valence-corrected chi connectivity index (χ2v) is 20.9. The van der Waals surface area contributed by atoms with Crippen LogP contribution in [0, 0.1) is 0 Å². The summed E-state index contributed by atoms with van der Waals surface area (Å²) in [6, 6.07) is 76.4. The minimum absolute atomic E-state index is 1.17. The van der Waals surface area contributed by atoms with Crippen molar-refractivity contribution in [1.29, 1.82) is 0 Å². The van der Waals surface area contributed by atoms with Crippen molar-refractivity contribution in [3.05, 3.63) is 206 Å². The summed E-state index contributed by atoms with van der Waals surface area (Å²) in [6.07, 6.45) is 0. The Morgan fingerprint density at radius 1 is 0.305 bits per heavy atom. The number of aromatic nitrogens is 2. The summed E-state index contributed by atoms with van der Waals surface area (Å²) in [7, 11) is -2.07. The van der Waals surface area contributed by atoms with Gasteiger partial charge in [-0.3, -0.25) is 0 Å². The average molecular weight is 769 g/mol. The van der Waals surface area contributed by atoms with E-state index in [2.05, 4.69) is 228 Å². The van der Waals surface area contributed by atoms with Crippen LogP contribution < -0.4 is 10.4 Å². The lowest BCUT2D eigenvalue weighted by Gasteiger charge is -2.20. The van der Waals surface area contributed by atoms with Gasteiger partial charge in [0.15, 0.2) is 0 Å². The predicted octanol–water partition coefficient (Wildman–Crippen LogP) is 13.7. The molecule has 59 heavy (non-hydrogen) atoms. The quantitative estimate of drug-likeness (QED) is 0.154. The van der Waals surface area contributed by atoms with Crippen LogP contribution in [-0.2, 0) is 0 Å². The Morgan fingerprint density at radius 3 is 1.56 bits per heavy atom. The van der Waals surface area contributed by atoms with Crippen molar-refractivity contribution >= 4 is 62.1 Å². The van der Waals surface area contributed by atoms with Crippen molar-refractivity contribution in [3.8, 4) is 55.9 Å². The molecular weight excluding hydrogens is 729 g/mol. The molecule has 1 aliphatic heterocycles. The van der Waals surface area contributed by atoms with Crippen LogP contribution in [0.1, 0.15) is 0 Å². The number of benzene rings is 9. The maximum absolute atomic E-state index is 2.54. The van der Waals surface area contributed by atoms with E-state index in [0.717, 1.165) is 0 Å². The van der Waals surface area contributed by atoms with Gasteiger partial charge in [-0.2, -0.15) is 0 Å². The molecule has 9 aromatic carbocycles. The summed E-state index contributed by atoms with van der Waals surface area (Å²) in [6.45, 7) is 5.07. The molecule has 3 heterocycles. The molecule has 2 aromatic heterocycles. The summed E-state index contributed by atoms with van der Waals surface area (Å²) in [5.41, 5.74) is 17.6. The van der Waals surface area contributed by atoms with Crippen LogP contribution in [0.3, 0.4) is 0 Å². The molecule has 0 unspecified atom stereocenters. The third kappa shape index (κ3) is 5.11. The molecule has 0 bridgehead atoms. The van der Waals surface area contributed by atoms with Gasteiger partial charge < -0.3 is 9.13 Å². The molecule has 0 atom stereocenters. The molecule has 11 aromatic rings.